The Hall–Kier alpha value is -1.65. The maximum atomic E-state index is 5.79. The number of nitrogens with one attached hydrogen (secondary N) is 1. The van der Waals surface area contributed by atoms with Crippen LogP contribution in [0.15, 0.2) is 36.4 Å². The van der Waals surface area contributed by atoms with Crippen LogP contribution >= 0.6 is 12.2 Å². The van der Waals surface area contributed by atoms with Crippen LogP contribution in [0, 0.1) is 5.92 Å². The van der Waals surface area contributed by atoms with Crippen LogP contribution in [0.4, 0.5) is 5.69 Å². The third-order valence-corrected chi connectivity index (χ3v) is 3.42. The predicted octanol–water partition coefficient (Wildman–Crippen LogP) is 3.56. The van der Waals surface area contributed by atoms with E-state index in [0.29, 0.717) is 17.5 Å². The van der Waals surface area contributed by atoms with Crippen LogP contribution in [0.1, 0.15) is 19.4 Å². The van der Waals surface area contributed by atoms with Crippen molar-refractivity contribution in [1.29, 1.82) is 0 Å². The van der Waals surface area contributed by atoms with Crippen molar-refractivity contribution >= 4 is 33.7 Å². The Kier molecular flexibility index (Phi) is 5.53. The normalized spacial score (nSPS) is 11.0. The number of fused-ring (bicyclic) bond motifs is 1. The lowest BCUT2D eigenvalue weighted by Gasteiger charge is -2.13. The van der Waals surface area contributed by atoms with Crippen LogP contribution in [-0.4, -0.2) is 24.7 Å². The quantitative estimate of drug-likeness (QED) is 0.606. The fourth-order valence-electron chi connectivity index (χ4n) is 2.24. The maximum Gasteiger partial charge on any atom is 0.104 e. The predicted molar refractivity (Wildman–Crippen MR) is 94.0 cm³/mol. The zero-order valence-corrected chi connectivity index (χ0v) is 13.4. The molecule has 0 aromatic heterocycles. The van der Waals surface area contributed by atoms with E-state index in [0.717, 1.165) is 35.2 Å². The van der Waals surface area contributed by atoms with Gasteiger partial charge < -0.3 is 15.8 Å². The minimum atomic E-state index is 0.429. The van der Waals surface area contributed by atoms with Gasteiger partial charge in [0.25, 0.3) is 0 Å². The van der Waals surface area contributed by atoms with E-state index in [9.17, 15) is 0 Å². The molecule has 0 unspecified atom stereocenters. The summed E-state index contributed by atoms with van der Waals surface area (Å²) in [5, 5.41) is 5.63. The molecule has 3 N–H and O–H groups in total. The smallest absolute Gasteiger partial charge is 0.104 e. The van der Waals surface area contributed by atoms with Crippen molar-refractivity contribution in [3.05, 3.63) is 42.0 Å². The molecule has 0 saturated heterocycles. The molecule has 0 spiro atoms. The van der Waals surface area contributed by atoms with Crippen LogP contribution in [-0.2, 0) is 4.74 Å². The average molecular weight is 302 g/mol. The molecule has 0 atom stereocenters. The Labute approximate surface area is 131 Å². The lowest BCUT2D eigenvalue weighted by molar-refractivity contribution is 0.118. The van der Waals surface area contributed by atoms with Gasteiger partial charge in [-0.1, -0.05) is 50.3 Å². The Morgan fingerprint density at radius 2 is 1.90 bits per heavy atom. The van der Waals surface area contributed by atoms with Gasteiger partial charge >= 0.3 is 0 Å². The largest absolute Gasteiger partial charge is 0.389 e. The molecule has 0 aliphatic carbocycles. The Bertz CT molecular complexity index is 625. The summed E-state index contributed by atoms with van der Waals surface area (Å²) in [5.74, 6) is 0.565. The minimum Gasteiger partial charge on any atom is -0.389 e. The summed E-state index contributed by atoms with van der Waals surface area (Å²) in [4.78, 5) is 0.429. The number of anilines is 1. The highest BCUT2D eigenvalue weighted by molar-refractivity contribution is 7.80. The first-order chi connectivity index (χ1) is 10.1. The third-order valence-electron chi connectivity index (χ3n) is 3.20. The van der Waals surface area contributed by atoms with Gasteiger partial charge in [-0.15, -0.1) is 0 Å². The van der Waals surface area contributed by atoms with Crippen molar-refractivity contribution in [3.8, 4) is 0 Å². The van der Waals surface area contributed by atoms with Crippen LogP contribution in [0.25, 0.3) is 10.8 Å². The van der Waals surface area contributed by atoms with Crippen LogP contribution in [0.2, 0.25) is 0 Å². The third kappa shape index (κ3) is 4.16. The van der Waals surface area contributed by atoms with Crippen molar-refractivity contribution in [1.82, 2.24) is 0 Å². The number of hydrogen-bond acceptors (Lipinski definition) is 3. The minimum absolute atomic E-state index is 0.429. The van der Waals surface area contributed by atoms with E-state index in [-0.39, 0.29) is 0 Å². The fraction of sp³-hybridized carbons (Fsp3) is 0.353. The van der Waals surface area contributed by atoms with E-state index in [1.165, 1.54) is 0 Å². The molecule has 2 aromatic rings. The Morgan fingerprint density at radius 1 is 1.19 bits per heavy atom. The van der Waals surface area contributed by atoms with Crippen molar-refractivity contribution < 1.29 is 4.74 Å². The molecule has 0 aliphatic heterocycles. The van der Waals surface area contributed by atoms with Gasteiger partial charge in [-0.05, 0) is 23.4 Å². The van der Waals surface area contributed by atoms with Crippen LogP contribution in [0.3, 0.4) is 0 Å². The molecular formula is C17H22N2OS. The Morgan fingerprint density at radius 3 is 2.57 bits per heavy atom. The number of hydrogen-bond donors (Lipinski definition) is 2. The molecule has 0 aliphatic rings. The van der Waals surface area contributed by atoms with Gasteiger partial charge in [0.15, 0.2) is 0 Å². The zero-order valence-electron chi connectivity index (χ0n) is 12.6. The van der Waals surface area contributed by atoms with Crippen molar-refractivity contribution in [2.45, 2.75) is 13.8 Å². The number of benzene rings is 2. The summed E-state index contributed by atoms with van der Waals surface area (Å²) in [5.41, 5.74) is 7.79. The molecule has 2 aromatic carbocycles. The maximum absolute atomic E-state index is 5.79. The van der Waals surface area contributed by atoms with Crippen LogP contribution < -0.4 is 11.1 Å². The van der Waals surface area contributed by atoms with Gasteiger partial charge in [-0.3, -0.25) is 0 Å². The topological polar surface area (TPSA) is 47.3 Å². The zero-order chi connectivity index (χ0) is 15.2. The molecule has 0 bridgehead atoms. The molecule has 0 fully saturated rings. The van der Waals surface area contributed by atoms with E-state index in [4.69, 9.17) is 22.7 Å². The van der Waals surface area contributed by atoms with E-state index < -0.39 is 0 Å². The van der Waals surface area contributed by atoms with E-state index in [2.05, 4.69) is 25.2 Å². The van der Waals surface area contributed by atoms with Gasteiger partial charge in [0.2, 0.25) is 0 Å². The second kappa shape index (κ2) is 7.38. The SMILES string of the molecule is CC(C)COCCNc1ccc(C(N)=S)c2ccccc12. The van der Waals surface area contributed by atoms with Crippen molar-refractivity contribution in [3.63, 3.8) is 0 Å². The molecule has 0 saturated carbocycles. The molecule has 3 nitrogen and oxygen atoms in total. The number of nitrogens with two attached hydrogens (primary N) is 1. The van der Waals surface area contributed by atoms with Crippen molar-refractivity contribution in [2.24, 2.45) is 11.7 Å². The summed E-state index contributed by atoms with van der Waals surface area (Å²) in [6, 6.07) is 12.1. The summed E-state index contributed by atoms with van der Waals surface area (Å²) in [6.07, 6.45) is 0. The first-order valence-electron chi connectivity index (χ1n) is 7.22. The monoisotopic (exact) mass is 302 g/mol. The molecule has 0 amide bonds. The average Bonchev–Trinajstić information content (AvgIpc) is 2.46. The van der Waals surface area contributed by atoms with Gasteiger partial charge in [0, 0.05) is 29.8 Å². The summed E-state index contributed by atoms with van der Waals surface area (Å²) in [6.45, 7) is 6.57. The molecule has 112 valence electrons. The molecular weight excluding hydrogens is 280 g/mol. The number of rotatable bonds is 7. The molecule has 2 rings (SSSR count). The number of thiocarbonyl (C=S) groups is 1. The fourth-order valence-corrected chi connectivity index (χ4v) is 2.42. The van der Waals surface area contributed by atoms with E-state index in [1.807, 2.05) is 30.3 Å². The summed E-state index contributed by atoms with van der Waals surface area (Å²) >= 11 is 5.12. The summed E-state index contributed by atoms with van der Waals surface area (Å²) in [7, 11) is 0. The number of ether oxygens (including phenoxy) is 1. The van der Waals surface area contributed by atoms with Gasteiger partial charge in [-0.2, -0.15) is 0 Å². The molecule has 21 heavy (non-hydrogen) atoms. The lowest BCUT2D eigenvalue weighted by Crippen LogP contribution is -2.13. The molecule has 4 heteroatoms. The highest BCUT2D eigenvalue weighted by Gasteiger charge is 2.07. The molecule has 0 radical (unpaired) electrons. The van der Waals surface area contributed by atoms with Crippen LogP contribution in [0.5, 0.6) is 0 Å². The highest BCUT2D eigenvalue weighted by atomic mass is 32.1. The first-order valence-corrected chi connectivity index (χ1v) is 7.63. The second-order valence-corrected chi connectivity index (χ2v) is 5.91. The van der Waals surface area contributed by atoms with E-state index in [1.54, 1.807) is 0 Å². The van der Waals surface area contributed by atoms with Gasteiger partial charge in [-0.25, -0.2) is 0 Å². The van der Waals surface area contributed by atoms with Crippen molar-refractivity contribution in [2.75, 3.05) is 25.1 Å². The first kappa shape index (κ1) is 15.7. The standard InChI is InChI=1S/C17H22N2OS/c1-12(2)11-20-10-9-19-16-8-7-15(17(18)21)13-5-3-4-6-14(13)16/h3-8,12,19H,9-11H2,1-2H3,(H2,18,21). The highest BCUT2D eigenvalue weighted by Crippen LogP contribution is 2.26. The van der Waals surface area contributed by atoms with Gasteiger partial charge in [0.1, 0.15) is 4.99 Å². The van der Waals surface area contributed by atoms with E-state index >= 15 is 0 Å². The summed E-state index contributed by atoms with van der Waals surface area (Å²) < 4.78 is 5.59. The van der Waals surface area contributed by atoms with Gasteiger partial charge in [0.05, 0.1) is 6.61 Å². The lowest BCUT2D eigenvalue weighted by atomic mass is 10.0. The Balaban J connectivity index is 2.11. The molecule has 0 heterocycles. The second-order valence-electron chi connectivity index (χ2n) is 5.47.